The van der Waals surface area contributed by atoms with Crippen LogP contribution in [-0.2, 0) is 0 Å². The number of fused-ring (bicyclic) bond motifs is 1. The van der Waals surface area contributed by atoms with Crippen LogP contribution in [0.3, 0.4) is 0 Å². The Morgan fingerprint density at radius 2 is 1.90 bits per heavy atom. The van der Waals surface area contributed by atoms with Crippen LogP contribution in [0, 0.1) is 17.1 Å². The van der Waals surface area contributed by atoms with E-state index in [0.717, 1.165) is 4.70 Å². The highest BCUT2D eigenvalue weighted by molar-refractivity contribution is 7.22. The molecular weight excluding hydrogens is 415 g/mol. The highest BCUT2D eigenvalue weighted by Gasteiger charge is 2.21. The number of aromatic nitrogens is 1. The van der Waals surface area contributed by atoms with E-state index in [1.807, 2.05) is 18.2 Å². The van der Waals surface area contributed by atoms with Gasteiger partial charge in [0, 0.05) is 5.56 Å². The zero-order chi connectivity index (χ0) is 21.8. The Balaban J connectivity index is 1.75. The Kier molecular flexibility index (Phi) is 5.69. The number of amides is 1. The van der Waals surface area contributed by atoms with E-state index in [-0.39, 0.29) is 5.82 Å². The van der Waals surface area contributed by atoms with Crippen LogP contribution in [0.4, 0.5) is 9.52 Å². The first kappa shape index (κ1) is 20.2. The topological polar surface area (TPSA) is 78.6 Å². The SMILES string of the molecule is COc1ccc2nc(N(/N=C/c3ccc(F)cc3)C(=O)c3ccc(C#N)cc3)sc2c1. The van der Waals surface area contributed by atoms with Crippen molar-refractivity contribution in [2.45, 2.75) is 0 Å². The van der Waals surface area contributed by atoms with E-state index in [9.17, 15) is 9.18 Å². The third kappa shape index (κ3) is 4.42. The standard InChI is InChI=1S/C23H15FN4O2S/c1-30-19-10-11-20-21(12-19)31-23(27-20)28(26-14-16-4-8-18(24)9-5-16)22(29)17-6-2-15(13-25)3-7-17/h2-12,14H,1H3/b26-14+. The molecule has 1 aromatic heterocycles. The fraction of sp³-hybridized carbons (Fsp3) is 0.0435. The average molecular weight is 430 g/mol. The van der Waals surface area contributed by atoms with Crippen LogP contribution in [0.1, 0.15) is 21.5 Å². The molecule has 3 aromatic carbocycles. The number of carbonyl (C=O) groups is 1. The molecule has 0 bridgehead atoms. The van der Waals surface area contributed by atoms with E-state index in [1.54, 1.807) is 49.6 Å². The first-order chi connectivity index (χ1) is 15.1. The second-order valence-corrected chi connectivity index (χ2v) is 7.44. The van der Waals surface area contributed by atoms with Crippen molar-refractivity contribution in [3.63, 3.8) is 0 Å². The Morgan fingerprint density at radius 3 is 2.58 bits per heavy atom. The predicted molar refractivity (Wildman–Crippen MR) is 118 cm³/mol. The van der Waals surface area contributed by atoms with Gasteiger partial charge < -0.3 is 4.74 Å². The molecule has 31 heavy (non-hydrogen) atoms. The molecule has 0 fully saturated rings. The molecule has 8 heteroatoms. The number of thiazole rings is 1. The van der Waals surface area contributed by atoms with Crippen molar-refractivity contribution < 1.29 is 13.9 Å². The Labute approximate surface area is 181 Å². The molecule has 1 heterocycles. The predicted octanol–water partition coefficient (Wildman–Crippen LogP) is 5.00. The summed E-state index contributed by atoms with van der Waals surface area (Å²) in [6, 6.07) is 19.5. The molecule has 0 aliphatic heterocycles. The largest absolute Gasteiger partial charge is 0.497 e. The summed E-state index contributed by atoms with van der Waals surface area (Å²) in [7, 11) is 1.58. The van der Waals surface area contributed by atoms with Gasteiger partial charge in [0.2, 0.25) is 5.13 Å². The summed E-state index contributed by atoms with van der Waals surface area (Å²) in [5.41, 5.74) is 2.13. The lowest BCUT2D eigenvalue weighted by Gasteiger charge is -2.13. The second kappa shape index (κ2) is 8.73. The van der Waals surface area contributed by atoms with Crippen molar-refractivity contribution in [2.75, 3.05) is 12.1 Å². The number of hydrazone groups is 1. The van der Waals surface area contributed by atoms with Crippen LogP contribution in [0.15, 0.2) is 71.8 Å². The van der Waals surface area contributed by atoms with Gasteiger partial charge in [-0.15, -0.1) is 0 Å². The Morgan fingerprint density at radius 1 is 1.16 bits per heavy atom. The zero-order valence-electron chi connectivity index (χ0n) is 16.3. The highest BCUT2D eigenvalue weighted by atomic mass is 32.1. The molecular formula is C23H15FN4O2S. The number of nitrogens with zero attached hydrogens (tertiary/aromatic N) is 4. The average Bonchev–Trinajstić information content (AvgIpc) is 3.23. The third-order valence-corrected chi connectivity index (χ3v) is 5.40. The molecule has 0 N–H and O–H groups in total. The highest BCUT2D eigenvalue weighted by Crippen LogP contribution is 2.32. The second-order valence-electron chi connectivity index (χ2n) is 6.43. The van der Waals surface area contributed by atoms with Crippen molar-refractivity contribution in [1.82, 2.24) is 4.98 Å². The van der Waals surface area contributed by atoms with E-state index in [0.29, 0.717) is 33.1 Å². The molecule has 6 nitrogen and oxygen atoms in total. The van der Waals surface area contributed by atoms with Crippen LogP contribution in [-0.4, -0.2) is 24.2 Å². The van der Waals surface area contributed by atoms with Crippen molar-refractivity contribution in [3.8, 4) is 11.8 Å². The van der Waals surface area contributed by atoms with Gasteiger partial charge in [-0.3, -0.25) is 4.79 Å². The lowest BCUT2D eigenvalue weighted by molar-refractivity contribution is 0.0988. The van der Waals surface area contributed by atoms with Crippen LogP contribution in [0.5, 0.6) is 5.75 Å². The van der Waals surface area contributed by atoms with Gasteiger partial charge in [-0.05, 0) is 60.2 Å². The van der Waals surface area contributed by atoms with Gasteiger partial charge in [-0.1, -0.05) is 23.5 Å². The maximum Gasteiger partial charge on any atom is 0.280 e. The quantitative estimate of drug-likeness (QED) is 0.330. The molecule has 1 amide bonds. The number of carbonyl (C=O) groups excluding carboxylic acids is 1. The number of hydrogen-bond donors (Lipinski definition) is 0. The van der Waals surface area contributed by atoms with Crippen LogP contribution in [0.2, 0.25) is 0 Å². The van der Waals surface area contributed by atoms with E-state index < -0.39 is 5.91 Å². The van der Waals surface area contributed by atoms with Gasteiger partial charge in [0.15, 0.2) is 0 Å². The smallest absolute Gasteiger partial charge is 0.280 e. The van der Waals surface area contributed by atoms with Crippen molar-refractivity contribution in [3.05, 3.63) is 89.2 Å². The maximum atomic E-state index is 13.2. The lowest BCUT2D eigenvalue weighted by atomic mass is 10.1. The first-order valence-corrected chi connectivity index (χ1v) is 9.98. The monoisotopic (exact) mass is 430 g/mol. The number of anilines is 1. The van der Waals surface area contributed by atoms with Crippen molar-refractivity contribution >= 4 is 38.8 Å². The Hall–Kier alpha value is -4.09. The molecule has 0 saturated heterocycles. The molecule has 0 spiro atoms. The number of hydrogen-bond acceptors (Lipinski definition) is 6. The molecule has 0 radical (unpaired) electrons. The van der Waals surface area contributed by atoms with Crippen LogP contribution < -0.4 is 9.75 Å². The van der Waals surface area contributed by atoms with Crippen LogP contribution in [0.25, 0.3) is 10.2 Å². The number of halogens is 1. The van der Waals surface area contributed by atoms with Gasteiger partial charge in [0.05, 0.1) is 35.2 Å². The lowest BCUT2D eigenvalue weighted by Crippen LogP contribution is -2.25. The van der Waals surface area contributed by atoms with Crippen LogP contribution >= 0.6 is 11.3 Å². The molecule has 0 saturated carbocycles. The summed E-state index contributed by atoms with van der Waals surface area (Å²) in [5, 5.41) is 14.9. The third-order valence-electron chi connectivity index (χ3n) is 4.41. The minimum atomic E-state index is -0.408. The fourth-order valence-corrected chi connectivity index (χ4v) is 3.73. The normalized spacial score (nSPS) is 10.9. The van der Waals surface area contributed by atoms with Gasteiger partial charge in [0.25, 0.3) is 5.91 Å². The summed E-state index contributed by atoms with van der Waals surface area (Å²) in [6.07, 6.45) is 1.47. The summed E-state index contributed by atoms with van der Waals surface area (Å²) in [5.74, 6) is -0.0841. The van der Waals surface area contributed by atoms with E-state index in [2.05, 4.69) is 10.1 Å². The first-order valence-electron chi connectivity index (χ1n) is 9.16. The Bertz CT molecular complexity index is 1310. The fourth-order valence-electron chi connectivity index (χ4n) is 2.78. The van der Waals surface area contributed by atoms with Gasteiger partial charge >= 0.3 is 0 Å². The van der Waals surface area contributed by atoms with Gasteiger partial charge in [-0.2, -0.15) is 15.4 Å². The minimum Gasteiger partial charge on any atom is -0.497 e. The van der Waals surface area contributed by atoms with Crippen molar-refractivity contribution in [1.29, 1.82) is 5.26 Å². The van der Waals surface area contributed by atoms with Gasteiger partial charge in [0.1, 0.15) is 11.6 Å². The summed E-state index contributed by atoms with van der Waals surface area (Å²) < 4.78 is 19.3. The summed E-state index contributed by atoms with van der Waals surface area (Å²) in [4.78, 5) is 17.8. The molecule has 152 valence electrons. The number of rotatable bonds is 5. The molecule has 0 unspecified atom stereocenters. The maximum absolute atomic E-state index is 13.2. The molecule has 0 atom stereocenters. The van der Waals surface area contributed by atoms with E-state index in [4.69, 9.17) is 10.00 Å². The molecule has 4 rings (SSSR count). The van der Waals surface area contributed by atoms with E-state index >= 15 is 0 Å². The number of nitriles is 1. The molecule has 4 aromatic rings. The summed E-state index contributed by atoms with van der Waals surface area (Å²) >= 11 is 1.29. The zero-order valence-corrected chi connectivity index (χ0v) is 17.1. The molecule has 0 aliphatic rings. The molecule has 0 aliphatic carbocycles. The summed E-state index contributed by atoms with van der Waals surface area (Å²) in [6.45, 7) is 0. The number of ether oxygens (including phenoxy) is 1. The number of benzene rings is 3. The van der Waals surface area contributed by atoms with E-state index in [1.165, 1.54) is 34.7 Å². The van der Waals surface area contributed by atoms with Gasteiger partial charge in [-0.25, -0.2) is 9.37 Å². The number of methoxy groups -OCH3 is 1. The minimum absolute atomic E-state index is 0.354. The van der Waals surface area contributed by atoms with Crippen molar-refractivity contribution in [2.24, 2.45) is 5.10 Å².